The summed E-state index contributed by atoms with van der Waals surface area (Å²) < 4.78 is 5.10. The van der Waals surface area contributed by atoms with Gasteiger partial charge in [-0.25, -0.2) is 0 Å². The van der Waals surface area contributed by atoms with E-state index in [1.165, 1.54) is 9.79 Å². The predicted molar refractivity (Wildman–Crippen MR) is 308 cm³/mol. The average molecular weight is 1200 g/mol. The third-order valence-electron chi connectivity index (χ3n) is 13.3. The minimum atomic E-state index is -2.34. The Morgan fingerprint density at radius 1 is 0.554 bits per heavy atom. The van der Waals surface area contributed by atoms with Gasteiger partial charge in [-0.2, -0.15) is 0 Å². The summed E-state index contributed by atoms with van der Waals surface area (Å²) in [5.74, 6) is 6.81. The van der Waals surface area contributed by atoms with Crippen LogP contribution >= 0.6 is 105 Å². The molecule has 16 heteroatoms. The number of rotatable bonds is 1. The van der Waals surface area contributed by atoms with Gasteiger partial charge in [0.1, 0.15) is 0 Å². The van der Waals surface area contributed by atoms with Crippen molar-refractivity contribution in [2.24, 2.45) is 39.9 Å². The fourth-order valence-corrected chi connectivity index (χ4v) is 24.9. The van der Waals surface area contributed by atoms with Crippen molar-refractivity contribution >= 4 is 114 Å². The van der Waals surface area contributed by atoms with Crippen LogP contribution in [0.25, 0.3) is 5.16 Å². The molecule has 10 unspecified atom stereocenters. The van der Waals surface area contributed by atoms with E-state index in [0.717, 1.165) is 57.8 Å². The molecule has 2 fully saturated rings. The Labute approximate surface area is 456 Å². The van der Waals surface area contributed by atoms with Crippen LogP contribution in [0.1, 0.15) is 148 Å². The van der Waals surface area contributed by atoms with Crippen molar-refractivity contribution in [1.29, 1.82) is 0 Å². The standard InChI is InChI=1S/2C14H18S.C11H27ClNPSi.C8H18ClNP.2CH3.5ClH.2Ti/c2*1-8-9(2)13-11-6-4-5-7-12(11)15-14(13)10(8)3;1-10(2,3)14(12,11(4,5)6)13-15(7,8)9;1-7(2,3)11(9,10)8(4,5)6;;;;;;;;;/h2*4-10,13-14H,1-3H3;1-9H3;1-6H3;2*1H3;5*1H;;/q;;;3*-1;;;;;;+2;+4/p-5. The molecule has 0 amide bonds. The third-order valence-corrected chi connectivity index (χ3v) is 33.9. The Morgan fingerprint density at radius 3 is 1.02 bits per heavy atom. The van der Waals surface area contributed by atoms with E-state index in [2.05, 4.69) is 175 Å². The number of fused-ring (bicyclic) bond motifs is 6. The second-order valence-corrected chi connectivity index (χ2v) is 51.2. The zero-order valence-electron chi connectivity index (χ0n) is 44.1. The van der Waals surface area contributed by atoms with E-state index in [0.29, 0.717) is 0 Å². The molecule has 2 aromatic rings. The minimum absolute atomic E-state index is 0. The summed E-state index contributed by atoms with van der Waals surface area (Å²) in [4.78, 5) is 3.08. The Bertz CT molecular complexity index is 1730. The molecule has 2 nitrogen and oxygen atoms in total. The maximum absolute atomic E-state index is 10.1. The van der Waals surface area contributed by atoms with Gasteiger partial charge in [0.05, 0.1) is 6.41 Å². The van der Waals surface area contributed by atoms with Gasteiger partial charge in [0.25, 0.3) is 0 Å². The number of hydrogen-bond donors (Lipinski definition) is 0. The van der Waals surface area contributed by atoms with Crippen LogP contribution in [-0.2, 0) is 31.7 Å². The van der Waals surface area contributed by atoms with Gasteiger partial charge in [-0.15, -0.1) is 41.2 Å². The monoisotopic (exact) mass is 1200 g/mol. The van der Waals surface area contributed by atoms with Crippen molar-refractivity contribution < 1.29 is 31.7 Å². The molecular weight excluding hydrogens is 1110 g/mol. The van der Waals surface area contributed by atoms with Gasteiger partial charge in [0, 0.05) is 42.4 Å². The first kappa shape index (κ1) is 70.4. The number of halogens is 7. The van der Waals surface area contributed by atoms with E-state index in [1.54, 1.807) is 11.1 Å². The van der Waals surface area contributed by atoms with Gasteiger partial charge in [-0.05, 0) is 69.1 Å². The molecular formula is C49H87Cl7N2P2S2SiTi2-2. The van der Waals surface area contributed by atoms with Gasteiger partial charge in [0.15, 0.2) is 8.24 Å². The van der Waals surface area contributed by atoms with Crippen LogP contribution in [-0.4, -0.2) is 39.4 Å². The molecule has 2 aliphatic carbocycles. The van der Waals surface area contributed by atoms with Crippen LogP contribution < -0.4 is 0 Å². The van der Waals surface area contributed by atoms with Crippen LogP contribution in [0.3, 0.4) is 0 Å². The summed E-state index contributed by atoms with van der Waals surface area (Å²) in [6.07, 6.45) is -4.14. The molecule has 2 saturated carbocycles. The molecule has 0 N–H and O–H groups in total. The molecule has 0 saturated heterocycles. The topological polar surface area (TPSA) is 34.7 Å². The molecule has 10 atom stereocenters. The summed E-state index contributed by atoms with van der Waals surface area (Å²) in [6.45, 7) is 46.7. The molecule has 6 rings (SSSR count). The Kier molecular flexibility index (Phi) is 30.6. The first-order valence-corrected chi connectivity index (χ1v) is 43.5. The van der Waals surface area contributed by atoms with E-state index in [9.17, 15) is 5.16 Å². The number of benzene rings is 2. The molecule has 0 bridgehead atoms. The zero-order valence-corrected chi connectivity index (χ0v) is 57.0. The van der Waals surface area contributed by atoms with Crippen LogP contribution in [0, 0.1) is 50.4 Å². The summed E-state index contributed by atoms with van der Waals surface area (Å²) in [7, 11) is 23.2. The SMILES string of the molecule is CC(C)(C)P(=[N-])(Cl)C(C)(C)C.CC(C)(C)P(Cl)(=N[Si](C)(C)C)C(C)(C)C.CC1C(C)C2Sc3ccccc3C2C1C.CC1C(C)C2Sc3ccccc3C2C1C.[CH3-].[CH3-].[Cl][Ti+]([Cl])[Cl].[Cl][Ti][Cl]. The van der Waals surface area contributed by atoms with Gasteiger partial charge in [0.2, 0.25) is 0 Å². The van der Waals surface area contributed by atoms with Crippen molar-refractivity contribution in [2.45, 2.75) is 197 Å². The van der Waals surface area contributed by atoms with Crippen molar-refractivity contribution in [3.05, 3.63) is 79.7 Å². The summed E-state index contributed by atoms with van der Waals surface area (Å²) >= 11 is 14.9. The van der Waals surface area contributed by atoms with Crippen LogP contribution in [0.2, 0.25) is 19.6 Å². The van der Waals surface area contributed by atoms with Crippen molar-refractivity contribution in [2.75, 3.05) is 0 Å². The molecule has 2 heterocycles. The fraction of sp³-hybridized carbons (Fsp3) is 0.714. The molecule has 378 valence electrons. The molecule has 2 aromatic carbocycles. The second kappa shape index (κ2) is 28.3. The van der Waals surface area contributed by atoms with E-state index in [1.807, 2.05) is 41.5 Å². The molecule has 2 aliphatic heterocycles. The fourth-order valence-electron chi connectivity index (χ4n) is 9.49. The van der Waals surface area contributed by atoms with Crippen molar-refractivity contribution in [1.82, 2.24) is 0 Å². The van der Waals surface area contributed by atoms with Gasteiger partial charge in [-0.1, -0.05) is 192 Å². The molecule has 0 radical (unpaired) electrons. The van der Waals surface area contributed by atoms with E-state index < -0.39 is 52.8 Å². The quantitative estimate of drug-likeness (QED) is 0.162. The molecule has 4 aliphatic rings. The molecule has 0 spiro atoms. The second-order valence-electron chi connectivity index (χ2n) is 22.8. The van der Waals surface area contributed by atoms with Crippen molar-refractivity contribution in [3.8, 4) is 0 Å². The first-order valence-electron chi connectivity index (χ1n) is 22.2. The summed E-state index contributed by atoms with van der Waals surface area (Å²) in [6, 6.07) is 18.0. The Balaban J connectivity index is 0. The first-order chi connectivity index (χ1) is 28.3. The van der Waals surface area contributed by atoms with E-state index >= 15 is 0 Å². The molecule has 65 heavy (non-hydrogen) atoms. The number of thioether (sulfide) groups is 2. The Hall–Kier alpha value is 3.28. The van der Waals surface area contributed by atoms with Gasteiger partial charge >= 0.3 is 78.2 Å². The zero-order chi connectivity index (χ0) is 49.6. The average Bonchev–Trinajstić information content (AvgIpc) is 3.81. The van der Waals surface area contributed by atoms with E-state index in [-0.39, 0.29) is 35.5 Å². The summed E-state index contributed by atoms with van der Waals surface area (Å²) in [5, 5.41) is 11.5. The van der Waals surface area contributed by atoms with Gasteiger partial charge in [-0.3, -0.25) is 0 Å². The third kappa shape index (κ3) is 18.9. The summed E-state index contributed by atoms with van der Waals surface area (Å²) in [5.41, 5.74) is 3.24. The van der Waals surface area contributed by atoms with Crippen molar-refractivity contribution in [3.63, 3.8) is 0 Å². The number of hydrogen-bond acceptors (Lipinski definition) is 3. The van der Waals surface area contributed by atoms with Crippen LogP contribution in [0.15, 0.2) is 62.7 Å². The van der Waals surface area contributed by atoms with Crippen LogP contribution in [0.4, 0.5) is 0 Å². The molecule has 0 aromatic heterocycles. The predicted octanol–water partition coefficient (Wildman–Crippen LogP) is 23.0. The maximum atomic E-state index is 10.1. The number of nitrogens with zero attached hydrogens (tertiary/aromatic N) is 2. The Morgan fingerprint density at radius 2 is 0.815 bits per heavy atom. The normalized spacial score (nSPS) is 26.5. The van der Waals surface area contributed by atoms with Gasteiger partial charge < -0.3 is 24.4 Å². The van der Waals surface area contributed by atoms with Crippen LogP contribution in [0.5, 0.6) is 0 Å². The van der Waals surface area contributed by atoms with E-state index in [4.69, 9.17) is 73.4 Å².